The van der Waals surface area contributed by atoms with Gasteiger partial charge in [-0.3, -0.25) is 0 Å². The number of aryl methyl sites for hydroxylation is 1. The third-order valence-electron chi connectivity index (χ3n) is 1.78. The number of nitrogens with zero attached hydrogens (tertiary/aromatic N) is 1. The fourth-order valence-electron chi connectivity index (χ4n) is 1.24. The Morgan fingerprint density at radius 1 is 1.00 bits per heavy atom. The quantitative estimate of drug-likeness (QED) is 0.527. The van der Waals surface area contributed by atoms with E-state index in [1.165, 1.54) is 11.1 Å². The maximum atomic E-state index is 2.21. The second-order valence-corrected chi connectivity index (χ2v) is 4.43. The fraction of sp³-hybridized carbons (Fsp3) is 0.455. The van der Waals surface area contributed by atoms with Crippen LogP contribution in [-0.4, -0.2) is 25.6 Å². The topological polar surface area (TPSA) is 0 Å². The summed E-state index contributed by atoms with van der Waals surface area (Å²) in [6.07, 6.45) is 0. The molecule has 0 N–H and O–H groups in total. The first-order valence-electron chi connectivity index (χ1n) is 4.33. The maximum Gasteiger partial charge on any atom is 0.104 e. The molecule has 13 heavy (non-hydrogen) atoms. The van der Waals surface area contributed by atoms with Crippen LogP contribution in [0.4, 0.5) is 0 Å². The van der Waals surface area contributed by atoms with E-state index in [1.54, 1.807) is 0 Å². The Bertz CT molecular complexity index is 246. The van der Waals surface area contributed by atoms with Crippen molar-refractivity contribution >= 4 is 0 Å². The van der Waals surface area contributed by atoms with Gasteiger partial charge in [0.1, 0.15) is 6.54 Å². The van der Waals surface area contributed by atoms with Crippen LogP contribution in [-0.2, 0) is 6.54 Å². The van der Waals surface area contributed by atoms with Gasteiger partial charge < -0.3 is 9.19 Å². The van der Waals surface area contributed by atoms with E-state index in [0.717, 1.165) is 11.0 Å². The molecule has 0 saturated heterocycles. The van der Waals surface area contributed by atoms with Crippen molar-refractivity contribution in [1.29, 1.82) is 0 Å². The zero-order valence-electron chi connectivity index (χ0n) is 8.84. The van der Waals surface area contributed by atoms with Crippen molar-refractivity contribution < 1.29 is 9.19 Å². The summed E-state index contributed by atoms with van der Waals surface area (Å²) in [6.45, 7) is 3.22. The average molecular weight is 183 g/mol. The van der Waals surface area contributed by atoms with Crippen molar-refractivity contribution in [2.75, 3.05) is 21.1 Å². The van der Waals surface area contributed by atoms with Crippen LogP contribution in [0.1, 0.15) is 11.1 Å². The predicted molar refractivity (Wildman–Crippen MR) is 52.9 cm³/mol. The van der Waals surface area contributed by atoms with Crippen LogP contribution in [0.15, 0.2) is 24.3 Å². The van der Waals surface area contributed by atoms with Crippen molar-refractivity contribution in [2.24, 2.45) is 0 Å². The van der Waals surface area contributed by atoms with Crippen molar-refractivity contribution in [3.05, 3.63) is 35.4 Å². The lowest BCUT2D eigenvalue weighted by Crippen LogP contribution is -3.00. The second kappa shape index (κ2) is 4.38. The molecule has 1 rings (SSSR count). The number of benzene rings is 1. The van der Waals surface area contributed by atoms with E-state index < -0.39 is 0 Å². The van der Waals surface area contributed by atoms with Gasteiger partial charge in [-0.2, -0.15) is 0 Å². The summed E-state index contributed by atoms with van der Waals surface area (Å²) in [6, 6.07) is 8.76. The molecule has 2 heteroatoms. The van der Waals surface area contributed by atoms with Gasteiger partial charge in [0, 0.05) is 5.56 Å². The summed E-state index contributed by atoms with van der Waals surface area (Å²) >= 11 is 0. The molecule has 74 valence electrons. The smallest absolute Gasteiger partial charge is 0.104 e. The molecule has 0 atom stereocenters. The monoisotopic (exact) mass is 183 g/mol. The van der Waals surface area contributed by atoms with E-state index in [4.69, 9.17) is 0 Å². The maximum absolute atomic E-state index is 2.21. The molecule has 0 radical (unpaired) electrons. The fourth-order valence-corrected chi connectivity index (χ4v) is 1.24. The van der Waals surface area contributed by atoms with E-state index >= 15 is 0 Å². The summed E-state index contributed by atoms with van der Waals surface area (Å²) in [5.41, 5.74) is 2.74. The van der Waals surface area contributed by atoms with Crippen LogP contribution in [0.5, 0.6) is 0 Å². The largest absolute Gasteiger partial charge is 1.00 e. The minimum Gasteiger partial charge on any atom is -1.00 e. The Morgan fingerprint density at radius 3 is 1.85 bits per heavy atom. The van der Waals surface area contributed by atoms with E-state index in [1.807, 2.05) is 0 Å². The predicted octanol–water partition coefficient (Wildman–Crippen LogP) is -0.795. The number of rotatable bonds is 2. The summed E-state index contributed by atoms with van der Waals surface area (Å²) in [5.74, 6) is 0. The molecule has 0 saturated carbocycles. The van der Waals surface area contributed by atoms with E-state index in [-0.39, 0.29) is 4.70 Å². The van der Waals surface area contributed by atoms with Gasteiger partial charge in [-0.15, -0.1) is 0 Å². The van der Waals surface area contributed by atoms with Crippen LogP contribution in [0.25, 0.3) is 0 Å². The normalized spacial score (nSPS) is 10.8. The highest BCUT2D eigenvalue weighted by Gasteiger charge is 2.07. The van der Waals surface area contributed by atoms with Gasteiger partial charge >= 0.3 is 0 Å². The molecule has 0 aliphatic carbocycles. The molecular weight excluding hydrogens is 165 g/mol. The average Bonchev–Trinajstić information content (AvgIpc) is 1.91. The third kappa shape index (κ3) is 4.63. The number of hydrogen-bond donors (Lipinski definition) is 0. The first-order chi connectivity index (χ1) is 5.47. The molecule has 0 aliphatic rings. The summed E-state index contributed by atoms with van der Waals surface area (Å²) in [7, 11) is 6.62. The Kier molecular flexibility index (Phi) is 4.08. The van der Waals surface area contributed by atoms with Gasteiger partial charge in [0.15, 0.2) is 0 Å². The molecule has 0 spiro atoms. The van der Waals surface area contributed by atoms with E-state index in [0.29, 0.717) is 0 Å². The van der Waals surface area contributed by atoms with Crippen molar-refractivity contribution in [1.82, 2.24) is 0 Å². The molecule has 0 fully saturated rings. The molecule has 0 amide bonds. The molecule has 1 nitrogen and oxygen atoms in total. The van der Waals surface area contributed by atoms with E-state index in [2.05, 4.69) is 52.3 Å². The molecule has 1 aromatic rings. The van der Waals surface area contributed by atoms with Gasteiger partial charge in [0.2, 0.25) is 0 Å². The highest BCUT2D eigenvalue weighted by atomic mass is 19.0. The SMILES string of the molecule is Cc1ccc(C[N+](C)(C)C)cc1.[F-]. The number of hydrogen-bond acceptors (Lipinski definition) is 0. The third-order valence-corrected chi connectivity index (χ3v) is 1.78. The van der Waals surface area contributed by atoms with Crippen molar-refractivity contribution in [3.63, 3.8) is 0 Å². The van der Waals surface area contributed by atoms with Crippen LogP contribution in [0.3, 0.4) is 0 Å². The minimum atomic E-state index is 0. The van der Waals surface area contributed by atoms with Gasteiger partial charge in [-0.05, 0) is 6.92 Å². The van der Waals surface area contributed by atoms with E-state index in [9.17, 15) is 0 Å². The van der Waals surface area contributed by atoms with Gasteiger partial charge in [0.05, 0.1) is 21.1 Å². The molecule has 0 aliphatic heterocycles. The van der Waals surface area contributed by atoms with Crippen LogP contribution in [0, 0.1) is 6.92 Å². The lowest BCUT2D eigenvalue weighted by atomic mass is 10.1. The summed E-state index contributed by atoms with van der Waals surface area (Å²) in [5, 5.41) is 0. The number of quaternary nitrogens is 1. The lowest BCUT2D eigenvalue weighted by molar-refractivity contribution is -0.884. The summed E-state index contributed by atoms with van der Waals surface area (Å²) in [4.78, 5) is 0. The highest BCUT2D eigenvalue weighted by Crippen LogP contribution is 2.07. The first-order valence-corrected chi connectivity index (χ1v) is 4.33. The van der Waals surface area contributed by atoms with Gasteiger partial charge in [-0.1, -0.05) is 29.8 Å². The zero-order chi connectivity index (χ0) is 9.19. The standard InChI is InChI=1S/C11H18N.FH/c1-10-5-7-11(8-6-10)9-12(2,3)4;/h5-8H,9H2,1-4H3;1H/q+1;/p-1. The molecule has 0 aromatic heterocycles. The Hall–Kier alpha value is -0.890. The molecule has 0 heterocycles. The van der Waals surface area contributed by atoms with Crippen LogP contribution >= 0.6 is 0 Å². The first kappa shape index (κ1) is 12.1. The lowest BCUT2D eigenvalue weighted by Gasteiger charge is -2.23. The molecule has 0 unspecified atom stereocenters. The Labute approximate surface area is 80.0 Å². The zero-order valence-corrected chi connectivity index (χ0v) is 8.84. The second-order valence-electron chi connectivity index (χ2n) is 4.43. The van der Waals surface area contributed by atoms with Gasteiger partial charge in [-0.25, -0.2) is 0 Å². The molecular formula is C11H18FN. The summed E-state index contributed by atoms with van der Waals surface area (Å²) < 4.78 is 0.989. The highest BCUT2D eigenvalue weighted by molar-refractivity contribution is 5.20. The Balaban J connectivity index is 0.00000144. The Morgan fingerprint density at radius 2 is 1.46 bits per heavy atom. The van der Waals surface area contributed by atoms with Crippen LogP contribution in [0.2, 0.25) is 0 Å². The van der Waals surface area contributed by atoms with Gasteiger partial charge in [0.25, 0.3) is 0 Å². The van der Waals surface area contributed by atoms with Crippen LogP contribution < -0.4 is 4.70 Å². The molecule has 0 bridgehead atoms. The minimum absolute atomic E-state index is 0. The number of halogens is 1. The van der Waals surface area contributed by atoms with Crippen molar-refractivity contribution in [3.8, 4) is 0 Å². The molecule has 1 aromatic carbocycles. The van der Waals surface area contributed by atoms with Crippen molar-refractivity contribution in [2.45, 2.75) is 13.5 Å².